The predicted molar refractivity (Wildman–Crippen MR) is 143 cm³/mol. The van der Waals surface area contributed by atoms with Gasteiger partial charge in [0.2, 0.25) is 0 Å². The van der Waals surface area contributed by atoms with E-state index in [2.05, 4.69) is 4.90 Å². The molecule has 5 nitrogen and oxygen atoms in total. The third-order valence-electron chi connectivity index (χ3n) is 7.82. The van der Waals surface area contributed by atoms with Crippen LogP contribution in [0.2, 0.25) is 0 Å². The number of halogens is 1. The quantitative estimate of drug-likeness (QED) is 0.418. The maximum atomic E-state index is 13.6. The normalized spacial score (nSPS) is 21.0. The van der Waals surface area contributed by atoms with Crippen LogP contribution in [0.4, 0.5) is 4.39 Å². The number of carbonyl (C=O) groups is 2. The van der Waals surface area contributed by atoms with Gasteiger partial charge < -0.3 is 14.5 Å². The van der Waals surface area contributed by atoms with E-state index >= 15 is 0 Å². The lowest BCUT2D eigenvalue weighted by atomic mass is 9.88. The molecule has 2 fully saturated rings. The molecular formula is C31H35FN2O3. The minimum absolute atomic E-state index is 0.0209. The lowest BCUT2D eigenvalue weighted by Crippen LogP contribution is -2.40. The predicted octanol–water partition coefficient (Wildman–Crippen LogP) is 5.50. The number of benzene rings is 3. The van der Waals surface area contributed by atoms with Gasteiger partial charge in [0.25, 0.3) is 5.91 Å². The maximum Gasteiger partial charge on any atom is 0.311 e. The van der Waals surface area contributed by atoms with Crippen LogP contribution in [0.3, 0.4) is 0 Å². The van der Waals surface area contributed by atoms with Crippen molar-refractivity contribution in [3.63, 3.8) is 0 Å². The van der Waals surface area contributed by atoms with Crippen LogP contribution < -0.4 is 0 Å². The molecule has 0 saturated carbocycles. The van der Waals surface area contributed by atoms with Crippen LogP contribution in [0, 0.1) is 17.7 Å². The minimum atomic E-state index is -0.337. The second-order valence-corrected chi connectivity index (χ2v) is 10.7. The summed E-state index contributed by atoms with van der Waals surface area (Å²) in [6, 6.07) is 20.6. The molecule has 0 aromatic heterocycles. The first-order valence-corrected chi connectivity index (χ1v) is 13.3. The standard InChI is InChI=1S/C31H35FN2O3/c1-21(2)37-31(36)29-20-34(30(35)28-9-5-7-24-6-3-4-8-27(24)28)19-25(29)18-33-16-14-23(15-17-33)22-10-12-26(32)13-11-22/h3-13,21,23,25,29H,14-20H2,1-2H3/t25?,29-/m1/s1. The minimum Gasteiger partial charge on any atom is -0.463 e. The summed E-state index contributed by atoms with van der Waals surface area (Å²) in [7, 11) is 0. The summed E-state index contributed by atoms with van der Waals surface area (Å²) in [4.78, 5) is 31.0. The van der Waals surface area contributed by atoms with Crippen LogP contribution >= 0.6 is 0 Å². The summed E-state index contributed by atoms with van der Waals surface area (Å²) in [5.41, 5.74) is 1.86. The number of esters is 1. The molecule has 5 rings (SSSR count). The molecule has 3 aromatic carbocycles. The van der Waals surface area contributed by atoms with Gasteiger partial charge in [-0.1, -0.05) is 48.5 Å². The number of hydrogen-bond acceptors (Lipinski definition) is 4. The number of fused-ring (bicyclic) bond motifs is 1. The third kappa shape index (κ3) is 5.69. The van der Waals surface area contributed by atoms with E-state index in [0.29, 0.717) is 24.6 Å². The molecule has 2 atom stereocenters. The first-order chi connectivity index (χ1) is 17.9. The van der Waals surface area contributed by atoms with E-state index in [9.17, 15) is 14.0 Å². The Kier molecular flexibility index (Phi) is 7.56. The number of carbonyl (C=O) groups excluding carboxylic acids is 2. The van der Waals surface area contributed by atoms with E-state index in [4.69, 9.17) is 4.74 Å². The average Bonchev–Trinajstić information content (AvgIpc) is 3.32. The van der Waals surface area contributed by atoms with Crippen LogP contribution in [-0.2, 0) is 9.53 Å². The highest BCUT2D eigenvalue weighted by molar-refractivity contribution is 6.07. The van der Waals surface area contributed by atoms with Gasteiger partial charge in [0.1, 0.15) is 5.82 Å². The van der Waals surface area contributed by atoms with E-state index in [1.54, 1.807) is 0 Å². The summed E-state index contributed by atoms with van der Waals surface area (Å²) >= 11 is 0. The first-order valence-electron chi connectivity index (χ1n) is 13.3. The van der Waals surface area contributed by atoms with Crippen molar-refractivity contribution >= 4 is 22.6 Å². The van der Waals surface area contributed by atoms with Crippen molar-refractivity contribution in [1.29, 1.82) is 0 Å². The van der Waals surface area contributed by atoms with Crippen molar-refractivity contribution in [3.8, 4) is 0 Å². The maximum absolute atomic E-state index is 13.6. The Hall–Kier alpha value is -3.25. The highest BCUT2D eigenvalue weighted by Gasteiger charge is 2.42. The van der Waals surface area contributed by atoms with Crippen LogP contribution in [0.1, 0.15) is 48.5 Å². The molecule has 6 heteroatoms. The van der Waals surface area contributed by atoms with E-state index in [-0.39, 0.29) is 35.6 Å². The number of ether oxygens (including phenoxy) is 1. The Labute approximate surface area is 218 Å². The molecule has 37 heavy (non-hydrogen) atoms. The van der Waals surface area contributed by atoms with Gasteiger partial charge in [-0.05, 0) is 80.2 Å². The molecule has 2 aliphatic rings. The van der Waals surface area contributed by atoms with Gasteiger partial charge in [-0.3, -0.25) is 9.59 Å². The molecule has 2 saturated heterocycles. The topological polar surface area (TPSA) is 49.9 Å². The van der Waals surface area contributed by atoms with Crippen molar-refractivity contribution in [2.24, 2.45) is 11.8 Å². The lowest BCUT2D eigenvalue weighted by Gasteiger charge is -2.34. The smallest absolute Gasteiger partial charge is 0.311 e. The van der Waals surface area contributed by atoms with Gasteiger partial charge in [0.05, 0.1) is 12.0 Å². The van der Waals surface area contributed by atoms with Crippen LogP contribution in [0.25, 0.3) is 10.8 Å². The van der Waals surface area contributed by atoms with E-state index < -0.39 is 0 Å². The molecule has 1 amide bonds. The van der Waals surface area contributed by atoms with Crippen molar-refractivity contribution in [1.82, 2.24) is 9.80 Å². The van der Waals surface area contributed by atoms with Gasteiger partial charge in [0.15, 0.2) is 0 Å². The Morgan fingerprint density at radius 2 is 1.65 bits per heavy atom. The van der Waals surface area contributed by atoms with Crippen LogP contribution in [0.5, 0.6) is 0 Å². The largest absolute Gasteiger partial charge is 0.463 e. The first kappa shape index (κ1) is 25.4. The molecule has 1 unspecified atom stereocenters. The van der Waals surface area contributed by atoms with Gasteiger partial charge in [0, 0.05) is 31.1 Å². The summed E-state index contributed by atoms with van der Waals surface area (Å²) in [6.45, 7) is 7.24. The van der Waals surface area contributed by atoms with Crippen molar-refractivity contribution in [2.75, 3.05) is 32.7 Å². The zero-order valence-electron chi connectivity index (χ0n) is 21.6. The van der Waals surface area contributed by atoms with Gasteiger partial charge in [-0.15, -0.1) is 0 Å². The monoisotopic (exact) mass is 502 g/mol. The SMILES string of the molecule is CC(C)OC(=O)[C@@H]1CN(C(=O)c2cccc3ccccc23)CC1CN1CCC(c2ccc(F)cc2)CC1. The Balaban J connectivity index is 1.29. The average molecular weight is 503 g/mol. The number of nitrogens with zero attached hydrogens (tertiary/aromatic N) is 2. The van der Waals surface area contributed by atoms with E-state index in [0.717, 1.165) is 43.2 Å². The molecule has 0 N–H and O–H groups in total. The van der Waals surface area contributed by atoms with Gasteiger partial charge >= 0.3 is 5.97 Å². The fourth-order valence-electron chi connectivity index (χ4n) is 5.91. The molecule has 0 bridgehead atoms. The fraction of sp³-hybridized carbons (Fsp3) is 0.419. The van der Waals surface area contributed by atoms with Crippen LogP contribution in [0.15, 0.2) is 66.7 Å². The number of likely N-dealkylation sites (tertiary alicyclic amines) is 2. The summed E-state index contributed by atoms with van der Waals surface area (Å²) in [5.74, 6) is -0.342. The number of rotatable bonds is 6. The highest BCUT2D eigenvalue weighted by Crippen LogP contribution is 2.32. The zero-order valence-corrected chi connectivity index (χ0v) is 21.6. The molecule has 2 aliphatic heterocycles. The highest BCUT2D eigenvalue weighted by atomic mass is 19.1. The van der Waals surface area contributed by atoms with Gasteiger partial charge in [-0.2, -0.15) is 0 Å². The number of amides is 1. The van der Waals surface area contributed by atoms with Crippen molar-refractivity contribution in [2.45, 2.75) is 38.7 Å². The third-order valence-corrected chi connectivity index (χ3v) is 7.82. The Morgan fingerprint density at radius 1 is 0.946 bits per heavy atom. The molecule has 3 aromatic rings. The molecule has 2 heterocycles. The number of piperidine rings is 1. The zero-order chi connectivity index (χ0) is 25.9. The summed E-state index contributed by atoms with van der Waals surface area (Å²) < 4.78 is 18.9. The van der Waals surface area contributed by atoms with Gasteiger partial charge in [-0.25, -0.2) is 4.39 Å². The molecule has 0 aliphatic carbocycles. The summed E-state index contributed by atoms with van der Waals surface area (Å²) in [5, 5.41) is 1.96. The Morgan fingerprint density at radius 3 is 2.38 bits per heavy atom. The Bertz CT molecular complexity index is 1250. The second-order valence-electron chi connectivity index (χ2n) is 10.7. The van der Waals surface area contributed by atoms with E-state index in [1.807, 2.05) is 73.3 Å². The van der Waals surface area contributed by atoms with E-state index in [1.165, 1.54) is 17.7 Å². The number of hydrogen-bond donors (Lipinski definition) is 0. The van der Waals surface area contributed by atoms with Crippen molar-refractivity contribution in [3.05, 3.63) is 83.7 Å². The molecule has 0 radical (unpaired) electrons. The molecule has 0 spiro atoms. The lowest BCUT2D eigenvalue weighted by molar-refractivity contribution is -0.153. The summed E-state index contributed by atoms with van der Waals surface area (Å²) in [6.07, 6.45) is 1.80. The second kappa shape index (κ2) is 11.0. The van der Waals surface area contributed by atoms with Crippen molar-refractivity contribution < 1.29 is 18.7 Å². The molecule has 194 valence electrons. The molecular weight excluding hydrogens is 467 g/mol. The van der Waals surface area contributed by atoms with Crippen LogP contribution in [-0.4, -0.2) is 60.5 Å². The fourth-order valence-corrected chi connectivity index (χ4v) is 5.91.